The molecular weight excluding hydrogens is 451 g/mol. The van der Waals surface area contributed by atoms with Gasteiger partial charge in [-0.25, -0.2) is 4.79 Å². The molecule has 1 atom stereocenters. The number of amides is 1. The fraction of sp³-hybridized carbons (Fsp3) is 0.280. The lowest BCUT2D eigenvalue weighted by Crippen LogP contribution is -2.55. The molecule has 6 nitrogen and oxygen atoms in total. The first-order valence-electron chi connectivity index (χ1n) is 10.3. The molecule has 3 aromatic rings. The highest BCUT2D eigenvalue weighted by molar-refractivity contribution is 6.05. The molecule has 34 heavy (non-hydrogen) atoms. The largest absolute Gasteiger partial charge is 0.487 e. The van der Waals surface area contributed by atoms with E-state index in [2.05, 4.69) is 5.32 Å². The number of alkyl halides is 3. The SMILES string of the molecule is COC(C)(C)C(NC(=O)c1ccc2ccccc2c1OCc1ccc(C(F)(F)F)cc1)C(=O)O. The first-order chi connectivity index (χ1) is 15.9. The third-order valence-corrected chi connectivity index (χ3v) is 5.53. The Balaban J connectivity index is 1.94. The normalized spacial score (nSPS) is 12.9. The summed E-state index contributed by atoms with van der Waals surface area (Å²) in [6.07, 6.45) is -4.45. The van der Waals surface area contributed by atoms with Gasteiger partial charge in [-0.1, -0.05) is 42.5 Å². The van der Waals surface area contributed by atoms with Crippen LogP contribution in [-0.4, -0.2) is 35.7 Å². The van der Waals surface area contributed by atoms with Gasteiger partial charge in [0.15, 0.2) is 6.04 Å². The molecule has 3 rings (SSSR count). The van der Waals surface area contributed by atoms with Crippen molar-refractivity contribution in [1.29, 1.82) is 0 Å². The summed E-state index contributed by atoms with van der Waals surface area (Å²) in [4.78, 5) is 24.9. The maximum atomic E-state index is 13.1. The molecule has 9 heteroatoms. The topological polar surface area (TPSA) is 84.9 Å². The molecule has 0 radical (unpaired) electrons. The molecule has 0 aliphatic rings. The number of hydrogen-bond acceptors (Lipinski definition) is 4. The number of nitrogens with one attached hydrogen (secondary N) is 1. The maximum Gasteiger partial charge on any atom is 0.416 e. The van der Waals surface area contributed by atoms with E-state index in [1.165, 1.54) is 39.2 Å². The van der Waals surface area contributed by atoms with Gasteiger partial charge in [0.1, 0.15) is 12.4 Å². The van der Waals surface area contributed by atoms with Gasteiger partial charge in [0.05, 0.1) is 16.7 Å². The van der Waals surface area contributed by atoms with Gasteiger partial charge in [0, 0.05) is 12.5 Å². The van der Waals surface area contributed by atoms with E-state index in [-0.39, 0.29) is 17.9 Å². The number of fused-ring (bicyclic) bond motifs is 1. The molecule has 0 spiro atoms. The Morgan fingerprint density at radius 2 is 1.65 bits per heavy atom. The Bertz CT molecular complexity index is 1190. The summed E-state index contributed by atoms with van der Waals surface area (Å²) in [7, 11) is 1.34. The van der Waals surface area contributed by atoms with Crippen molar-refractivity contribution in [2.75, 3.05) is 7.11 Å². The van der Waals surface area contributed by atoms with Crippen LogP contribution in [0.25, 0.3) is 10.8 Å². The number of aliphatic carboxylic acids is 1. The second-order valence-electron chi connectivity index (χ2n) is 8.20. The second kappa shape index (κ2) is 9.72. The van der Waals surface area contributed by atoms with E-state index in [9.17, 15) is 27.9 Å². The van der Waals surface area contributed by atoms with Crippen molar-refractivity contribution in [3.8, 4) is 5.75 Å². The van der Waals surface area contributed by atoms with Crippen LogP contribution in [0.2, 0.25) is 0 Å². The second-order valence-corrected chi connectivity index (χ2v) is 8.20. The minimum atomic E-state index is -4.45. The van der Waals surface area contributed by atoms with E-state index in [1.807, 2.05) is 12.1 Å². The number of carbonyl (C=O) groups is 2. The molecule has 0 fully saturated rings. The average molecular weight is 475 g/mol. The number of ether oxygens (including phenoxy) is 2. The van der Waals surface area contributed by atoms with Crippen LogP contribution in [0, 0.1) is 0 Å². The number of carboxylic acid groups (broad SMARTS) is 1. The quantitative estimate of drug-likeness (QED) is 0.477. The van der Waals surface area contributed by atoms with Crippen LogP contribution < -0.4 is 10.1 Å². The van der Waals surface area contributed by atoms with Crippen LogP contribution in [0.5, 0.6) is 5.75 Å². The Morgan fingerprint density at radius 1 is 1.00 bits per heavy atom. The monoisotopic (exact) mass is 475 g/mol. The lowest BCUT2D eigenvalue weighted by Gasteiger charge is -2.30. The molecule has 0 heterocycles. The number of benzene rings is 3. The molecule has 0 aromatic heterocycles. The Morgan fingerprint density at radius 3 is 2.24 bits per heavy atom. The lowest BCUT2D eigenvalue weighted by molar-refractivity contribution is -0.146. The zero-order valence-electron chi connectivity index (χ0n) is 18.8. The van der Waals surface area contributed by atoms with Gasteiger partial charge >= 0.3 is 12.1 Å². The molecule has 1 unspecified atom stereocenters. The molecule has 0 saturated carbocycles. The number of carbonyl (C=O) groups excluding carboxylic acids is 1. The summed E-state index contributed by atoms with van der Waals surface area (Å²) < 4.78 is 49.6. The summed E-state index contributed by atoms with van der Waals surface area (Å²) in [6.45, 7) is 2.97. The number of hydrogen-bond donors (Lipinski definition) is 2. The number of halogens is 3. The van der Waals surface area contributed by atoms with Crippen LogP contribution in [0.15, 0.2) is 60.7 Å². The Kier molecular flexibility index (Phi) is 7.16. The summed E-state index contributed by atoms with van der Waals surface area (Å²) in [5.74, 6) is -1.77. The minimum absolute atomic E-state index is 0.0868. The molecule has 3 aromatic carbocycles. The van der Waals surface area contributed by atoms with Gasteiger partial charge in [-0.05, 0) is 43.0 Å². The van der Waals surface area contributed by atoms with Crippen molar-refractivity contribution in [3.63, 3.8) is 0 Å². The van der Waals surface area contributed by atoms with E-state index in [4.69, 9.17) is 9.47 Å². The van der Waals surface area contributed by atoms with Crippen molar-refractivity contribution in [1.82, 2.24) is 5.32 Å². The van der Waals surface area contributed by atoms with Crippen molar-refractivity contribution in [3.05, 3.63) is 77.4 Å². The molecule has 0 aliphatic carbocycles. The molecular formula is C25H24F3NO5. The smallest absolute Gasteiger partial charge is 0.416 e. The molecule has 0 saturated heterocycles. The van der Waals surface area contributed by atoms with Gasteiger partial charge in [-0.2, -0.15) is 13.2 Å². The fourth-order valence-corrected chi connectivity index (χ4v) is 3.38. The van der Waals surface area contributed by atoms with E-state index in [0.29, 0.717) is 10.9 Å². The van der Waals surface area contributed by atoms with Crippen molar-refractivity contribution >= 4 is 22.6 Å². The van der Waals surface area contributed by atoms with Crippen LogP contribution >= 0.6 is 0 Å². The zero-order chi connectivity index (χ0) is 25.1. The average Bonchev–Trinajstić information content (AvgIpc) is 2.80. The van der Waals surface area contributed by atoms with E-state index < -0.39 is 35.3 Å². The standard InChI is InChI=1S/C25H24F3NO5/c1-24(2,33-3)21(23(31)32)29-22(30)19-13-10-16-6-4-5-7-18(16)20(19)34-14-15-8-11-17(12-9-15)25(26,27)28/h4-13,21H,14H2,1-3H3,(H,29,30)(H,31,32). The first kappa shape index (κ1) is 25.0. The van der Waals surface area contributed by atoms with Crippen LogP contribution in [0.1, 0.15) is 35.3 Å². The maximum absolute atomic E-state index is 13.1. The van der Waals surface area contributed by atoms with Gasteiger partial charge in [0.2, 0.25) is 0 Å². The Labute approximate surface area is 194 Å². The third kappa shape index (κ3) is 5.48. The molecule has 2 N–H and O–H groups in total. The highest BCUT2D eigenvalue weighted by Crippen LogP contribution is 2.32. The molecule has 0 bridgehead atoms. The zero-order valence-corrected chi connectivity index (χ0v) is 18.8. The van der Waals surface area contributed by atoms with Crippen molar-refractivity contribution in [2.24, 2.45) is 0 Å². The van der Waals surface area contributed by atoms with Crippen LogP contribution in [0.3, 0.4) is 0 Å². The lowest BCUT2D eigenvalue weighted by atomic mass is 9.97. The predicted molar refractivity (Wildman–Crippen MR) is 120 cm³/mol. The fourth-order valence-electron chi connectivity index (χ4n) is 3.38. The summed E-state index contributed by atoms with van der Waals surface area (Å²) >= 11 is 0. The predicted octanol–water partition coefficient (Wildman–Crippen LogP) is 5.05. The van der Waals surface area contributed by atoms with Crippen LogP contribution in [0.4, 0.5) is 13.2 Å². The van der Waals surface area contributed by atoms with E-state index in [0.717, 1.165) is 17.5 Å². The molecule has 1 amide bonds. The molecule has 180 valence electrons. The van der Waals surface area contributed by atoms with Gasteiger partial charge in [-0.15, -0.1) is 0 Å². The highest BCUT2D eigenvalue weighted by atomic mass is 19.4. The number of carboxylic acids is 1. The number of methoxy groups -OCH3 is 1. The van der Waals surface area contributed by atoms with Gasteiger partial charge < -0.3 is 19.9 Å². The van der Waals surface area contributed by atoms with Gasteiger partial charge in [0.25, 0.3) is 5.91 Å². The Hall–Kier alpha value is -3.59. The summed E-state index contributed by atoms with van der Waals surface area (Å²) in [6, 6.07) is 13.5. The highest BCUT2D eigenvalue weighted by Gasteiger charge is 2.37. The van der Waals surface area contributed by atoms with Crippen molar-refractivity contribution in [2.45, 2.75) is 38.3 Å². The van der Waals surface area contributed by atoms with Crippen LogP contribution in [-0.2, 0) is 22.3 Å². The van der Waals surface area contributed by atoms with E-state index >= 15 is 0 Å². The summed E-state index contributed by atoms with van der Waals surface area (Å²) in [5, 5.41) is 13.5. The third-order valence-electron chi connectivity index (χ3n) is 5.53. The minimum Gasteiger partial charge on any atom is -0.487 e. The van der Waals surface area contributed by atoms with Crippen molar-refractivity contribution < 1.29 is 37.3 Å². The van der Waals surface area contributed by atoms with E-state index in [1.54, 1.807) is 18.2 Å². The first-order valence-corrected chi connectivity index (χ1v) is 10.3. The number of rotatable bonds is 8. The van der Waals surface area contributed by atoms with Gasteiger partial charge in [-0.3, -0.25) is 4.79 Å². The summed E-state index contributed by atoms with van der Waals surface area (Å²) in [5.41, 5.74) is -1.42. The molecule has 0 aliphatic heterocycles.